The van der Waals surface area contributed by atoms with Gasteiger partial charge in [-0.3, -0.25) is 0 Å². The van der Waals surface area contributed by atoms with E-state index in [2.05, 4.69) is 27.6 Å². The standard InChI is InChI=1S/C11H16BrNO3S2/c1-11(3-5-16-6-4-11)8-13-18(14,15)10-9(12)2-7-17-10/h2,7,13H,3-6,8H2,1H3. The zero-order valence-corrected chi connectivity index (χ0v) is 13.3. The van der Waals surface area contributed by atoms with E-state index < -0.39 is 10.0 Å². The van der Waals surface area contributed by atoms with Crippen LogP contribution in [-0.4, -0.2) is 28.2 Å². The van der Waals surface area contributed by atoms with Gasteiger partial charge in [-0.2, -0.15) is 0 Å². The highest BCUT2D eigenvalue weighted by Gasteiger charge is 2.30. The molecule has 2 rings (SSSR count). The Morgan fingerprint density at radius 1 is 1.50 bits per heavy atom. The minimum absolute atomic E-state index is 0.00491. The summed E-state index contributed by atoms with van der Waals surface area (Å²) in [7, 11) is -3.40. The third-order valence-corrected chi connectivity index (χ3v) is 7.29. The molecular weight excluding hydrogens is 338 g/mol. The van der Waals surface area contributed by atoms with Gasteiger partial charge in [-0.15, -0.1) is 11.3 Å². The summed E-state index contributed by atoms with van der Waals surface area (Å²) < 4.78 is 33.3. The van der Waals surface area contributed by atoms with Crippen molar-refractivity contribution in [3.63, 3.8) is 0 Å². The van der Waals surface area contributed by atoms with Crippen molar-refractivity contribution in [1.29, 1.82) is 0 Å². The molecule has 1 aliphatic heterocycles. The Kier molecular flexibility index (Phi) is 4.48. The van der Waals surface area contributed by atoms with Crippen LogP contribution < -0.4 is 4.72 Å². The largest absolute Gasteiger partial charge is 0.381 e. The van der Waals surface area contributed by atoms with Gasteiger partial charge >= 0.3 is 0 Å². The van der Waals surface area contributed by atoms with Crippen molar-refractivity contribution in [2.24, 2.45) is 5.41 Å². The fraction of sp³-hybridized carbons (Fsp3) is 0.636. The van der Waals surface area contributed by atoms with Crippen LogP contribution in [0.25, 0.3) is 0 Å². The van der Waals surface area contributed by atoms with E-state index in [-0.39, 0.29) is 5.41 Å². The van der Waals surface area contributed by atoms with Gasteiger partial charge in [0.25, 0.3) is 10.0 Å². The molecule has 1 fully saturated rings. The first-order valence-corrected chi connectivity index (χ1v) is 8.89. The summed E-state index contributed by atoms with van der Waals surface area (Å²) in [5.74, 6) is 0. The van der Waals surface area contributed by atoms with Gasteiger partial charge in [0.15, 0.2) is 0 Å². The van der Waals surface area contributed by atoms with E-state index >= 15 is 0 Å². The van der Waals surface area contributed by atoms with Crippen LogP contribution >= 0.6 is 27.3 Å². The van der Waals surface area contributed by atoms with Gasteiger partial charge in [0.2, 0.25) is 0 Å². The van der Waals surface area contributed by atoms with E-state index in [0.29, 0.717) is 28.4 Å². The van der Waals surface area contributed by atoms with Gasteiger partial charge < -0.3 is 4.74 Å². The number of hydrogen-bond donors (Lipinski definition) is 1. The zero-order valence-electron chi connectivity index (χ0n) is 10.1. The smallest absolute Gasteiger partial charge is 0.251 e. The Labute approximate surface area is 120 Å². The lowest BCUT2D eigenvalue weighted by molar-refractivity contribution is 0.0265. The Morgan fingerprint density at radius 3 is 2.72 bits per heavy atom. The van der Waals surface area contributed by atoms with Crippen LogP contribution in [0.3, 0.4) is 0 Å². The summed E-state index contributed by atoms with van der Waals surface area (Å²) in [4.78, 5) is 0. The Balaban J connectivity index is 2.03. The number of hydrogen-bond acceptors (Lipinski definition) is 4. The Morgan fingerprint density at radius 2 is 2.17 bits per heavy atom. The summed E-state index contributed by atoms with van der Waals surface area (Å²) in [5, 5.41) is 1.76. The first-order valence-electron chi connectivity index (χ1n) is 5.73. The third-order valence-electron chi connectivity index (χ3n) is 3.22. The van der Waals surface area contributed by atoms with Crippen LogP contribution in [0.2, 0.25) is 0 Å². The molecule has 2 heterocycles. The highest BCUT2D eigenvalue weighted by Crippen LogP contribution is 2.31. The van der Waals surface area contributed by atoms with Crippen molar-refractivity contribution in [3.8, 4) is 0 Å². The topological polar surface area (TPSA) is 55.4 Å². The van der Waals surface area contributed by atoms with Crippen molar-refractivity contribution < 1.29 is 13.2 Å². The first-order chi connectivity index (χ1) is 8.43. The summed E-state index contributed by atoms with van der Waals surface area (Å²) in [6.07, 6.45) is 1.78. The summed E-state index contributed by atoms with van der Waals surface area (Å²) in [6, 6.07) is 1.75. The van der Waals surface area contributed by atoms with Gasteiger partial charge in [0.1, 0.15) is 4.21 Å². The van der Waals surface area contributed by atoms with Crippen molar-refractivity contribution in [3.05, 3.63) is 15.9 Å². The quantitative estimate of drug-likeness (QED) is 0.904. The van der Waals surface area contributed by atoms with Crippen LogP contribution in [0.15, 0.2) is 20.1 Å². The molecule has 0 aliphatic carbocycles. The maximum atomic E-state index is 12.1. The maximum absolute atomic E-state index is 12.1. The van der Waals surface area contributed by atoms with Gasteiger partial charge in [-0.05, 0) is 45.6 Å². The van der Waals surface area contributed by atoms with E-state index in [9.17, 15) is 8.42 Å². The minimum atomic E-state index is -3.40. The molecule has 1 saturated heterocycles. The number of nitrogens with one attached hydrogen (secondary N) is 1. The number of thiophene rings is 1. The average molecular weight is 354 g/mol. The molecule has 0 atom stereocenters. The lowest BCUT2D eigenvalue weighted by atomic mass is 9.83. The van der Waals surface area contributed by atoms with Gasteiger partial charge in [0.05, 0.1) is 0 Å². The molecule has 1 aromatic heterocycles. The first kappa shape index (κ1) is 14.5. The summed E-state index contributed by atoms with van der Waals surface area (Å²) in [6.45, 7) is 3.98. The number of rotatable bonds is 4. The molecule has 1 N–H and O–H groups in total. The molecule has 0 saturated carbocycles. The van der Waals surface area contributed by atoms with E-state index in [1.54, 1.807) is 11.4 Å². The summed E-state index contributed by atoms with van der Waals surface area (Å²) >= 11 is 4.47. The molecule has 1 aromatic rings. The number of ether oxygens (including phenoxy) is 1. The molecule has 1 aliphatic rings. The molecule has 0 unspecified atom stereocenters. The lowest BCUT2D eigenvalue weighted by Crippen LogP contribution is -2.39. The molecule has 18 heavy (non-hydrogen) atoms. The highest BCUT2D eigenvalue weighted by molar-refractivity contribution is 9.10. The van der Waals surface area contributed by atoms with Crippen molar-refractivity contribution in [2.45, 2.75) is 24.0 Å². The molecule has 0 radical (unpaired) electrons. The fourth-order valence-corrected chi connectivity index (χ4v) is 5.43. The second-order valence-electron chi connectivity index (χ2n) is 4.80. The van der Waals surface area contributed by atoms with Crippen LogP contribution in [-0.2, 0) is 14.8 Å². The molecule has 0 spiro atoms. The van der Waals surface area contributed by atoms with Gasteiger partial charge in [0, 0.05) is 24.2 Å². The number of sulfonamides is 1. The zero-order chi connectivity index (χ0) is 13.2. The SMILES string of the molecule is CC1(CNS(=O)(=O)c2sccc2Br)CCOCC1. The van der Waals surface area contributed by atoms with Crippen LogP contribution in [0, 0.1) is 5.41 Å². The van der Waals surface area contributed by atoms with Crippen molar-refractivity contribution in [1.82, 2.24) is 4.72 Å². The van der Waals surface area contributed by atoms with Gasteiger partial charge in [-0.25, -0.2) is 13.1 Å². The third kappa shape index (κ3) is 3.33. The molecular formula is C11H16BrNO3S2. The predicted molar refractivity (Wildman–Crippen MR) is 75.4 cm³/mol. The van der Waals surface area contributed by atoms with Crippen LogP contribution in [0.4, 0.5) is 0 Å². The van der Waals surface area contributed by atoms with Crippen LogP contribution in [0.5, 0.6) is 0 Å². The van der Waals surface area contributed by atoms with E-state index in [1.807, 2.05) is 0 Å². The lowest BCUT2D eigenvalue weighted by Gasteiger charge is -2.33. The Bertz CT molecular complexity index is 506. The normalized spacial score (nSPS) is 19.9. The maximum Gasteiger partial charge on any atom is 0.251 e. The van der Waals surface area contributed by atoms with E-state index in [0.717, 1.165) is 12.8 Å². The van der Waals surface area contributed by atoms with Crippen LogP contribution in [0.1, 0.15) is 19.8 Å². The van der Waals surface area contributed by atoms with Crippen molar-refractivity contribution in [2.75, 3.05) is 19.8 Å². The number of halogens is 1. The monoisotopic (exact) mass is 353 g/mol. The Hall–Kier alpha value is 0.0500. The highest BCUT2D eigenvalue weighted by atomic mass is 79.9. The van der Waals surface area contributed by atoms with E-state index in [1.165, 1.54) is 11.3 Å². The molecule has 0 bridgehead atoms. The predicted octanol–water partition coefficient (Wildman–Crippen LogP) is 2.61. The van der Waals surface area contributed by atoms with Gasteiger partial charge in [-0.1, -0.05) is 6.92 Å². The second kappa shape index (κ2) is 5.58. The fourth-order valence-electron chi connectivity index (χ4n) is 1.85. The molecule has 4 nitrogen and oxygen atoms in total. The molecule has 7 heteroatoms. The van der Waals surface area contributed by atoms with E-state index in [4.69, 9.17) is 4.74 Å². The minimum Gasteiger partial charge on any atom is -0.381 e. The second-order valence-corrected chi connectivity index (χ2v) is 8.54. The molecule has 102 valence electrons. The molecule has 0 aromatic carbocycles. The summed E-state index contributed by atoms with van der Waals surface area (Å²) in [5.41, 5.74) is -0.00491. The molecule has 0 amide bonds. The van der Waals surface area contributed by atoms with Crippen molar-refractivity contribution >= 4 is 37.3 Å². The average Bonchev–Trinajstić information content (AvgIpc) is 2.75.